The van der Waals surface area contributed by atoms with Crippen molar-refractivity contribution in [2.75, 3.05) is 12.4 Å². The standard InChI is InChI=1S/C20H18ClFN4O/c1-13-17(21)4-3-5-18(13)24-20-25-19(27)15(10-23-2)12-26(20)11-14-6-8-16(22)9-7-14/h3-10,12H,11H2,1-2H3,(H,24,25,27). The van der Waals surface area contributed by atoms with Gasteiger partial charge in [-0.25, -0.2) is 4.39 Å². The van der Waals surface area contributed by atoms with E-state index in [4.69, 9.17) is 11.6 Å². The van der Waals surface area contributed by atoms with Gasteiger partial charge in [0.2, 0.25) is 5.95 Å². The first-order valence-electron chi connectivity index (χ1n) is 8.28. The molecule has 1 N–H and O–H groups in total. The monoisotopic (exact) mass is 384 g/mol. The van der Waals surface area contributed by atoms with E-state index in [0.29, 0.717) is 23.1 Å². The highest BCUT2D eigenvalue weighted by Crippen LogP contribution is 2.25. The lowest BCUT2D eigenvalue weighted by atomic mass is 10.2. The Morgan fingerprint density at radius 2 is 2.00 bits per heavy atom. The Kier molecular flexibility index (Phi) is 5.66. The van der Waals surface area contributed by atoms with Gasteiger partial charge in [-0.3, -0.25) is 9.79 Å². The molecule has 0 bridgehead atoms. The molecule has 138 valence electrons. The van der Waals surface area contributed by atoms with Crippen LogP contribution in [0.25, 0.3) is 0 Å². The molecule has 0 unspecified atom stereocenters. The second-order valence-electron chi connectivity index (χ2n) is 6.00. The van der Waals surface area contributed by atoms with Crippen molar-refractivity contribution in [2.45, 2.75) is 13.5 Å². The molecular weight excluding hydrogens is 367 g/mol. The minimum absolute atomic E-state index is 0.302. The molecule has 0 radical (unpaired) electrons. The van der Waals surface area contributed by atoms with Crippen molar-refractivity contribution in [3.63, 3.8) is 0 Å². The molecule has 7 heteroatoms. The molecule has 0 atom stereocenters. The summed E-state index contributed by atoms with van der Waals surface area (Å²) in [5.41, 5.74) is 2.44. The van der Waals surface area contributed by atoms with E-state index in [1.165, 1.54) is 18.3 Å². The summed E-state index contributed by atoms with van der Waals surface area (Å²) in [6, 6.07) is 11.6. The van der Waals surface area contributed by atoms with Crippen LogP contribution in [0.1, 0.15) is 16.7 Å². The number of aromatic nitrogens is 2. The average molecular weight is 385 g/mol. The number of halogens is 2. The van der Waals surface area contributed by atoms with Crippen LogP contribution in [0.5, 0.6) is 0 Å². The number of benzene rings is 2. The number of aliphatic imine (C=N–C) groups is 1. The van der Waals surface area contributed by atoms with Gasteiger partial charge in [0.1, 0.15) is 5.82 Å². The molecular formula is C20H18ClFN4O. The molecule has 0 saturated carbocycles. The molecule has 1 heterocycles. The van der Waals surface area contributed by atoms with Gasteiger partial charge in [0.05, 0.1) is 12.1 Å². The van der Waals surface area contributed by atoms with E-state index in [1.807, 2.05) is 19.1 Å². The molecule has 0 spiro atoms. The zero-order chi connectivity index (χ0) is 19.4. The molecule has 1 aromatic heterocycles. The summed E-state index contributed by atoms with van der Waals surface area (Å²) in [5, 5.41) is 3.79. The van der Waals surface area contributed by atoms with Crippen LogP contribution in [0.15, 0.2) is 58.4 Å². The van der Waals surface area contributed by atoms with Gasteiger partial charge >= 0.3 is 0 Å². The second-order valence-corrected chi connectivity index (χ2v) is 6.41. The van der Waals surface area contributed by atoms with E-state index >= 15 is 0 Å². The SMILES string of the molecule is CN=Cc1cn(Cc2ccc(F)cc2)c(Nc2cccc(Cl)c2C)nc1=O. The maximum absolute atomic E-state index is 13.2. The number of rotatable bonds is 5. The molecule has 0 saturated heterocycles. The third-order valence-electron chi connectivity index (χ3n) is 4.07. The highest BCUT2D eigenvalue weighted by Gasteiger charge is 2.11. The highest BCUT2D eigenvalue weighted by atomic mass is 35.5. The Hall–Kier alpha value is -2.99. The summed E-state index contributed by atoms with van der Waals surface area (Å²) in [6.45, 7) is 2.28. The van der Waals surface area contributed by atoms with Gasteiger partial charge in [-0.2, -0.15) is 4.98 Å². The second kappa shape index (κ2) is 8.14. The van der Waals surface area contributed by atoms with E-state index in [9.17, 15) is 9.18 Å². The third kappa shape index (κ3) is 4.41. The van der Waals surface area contributed by atoms with E-state index in [1.54, 1.807) is 36.0 Å². The number of nitrogens with one attached hydrogen (secondary N) is 1. The van der Waals surface area contributed by atoms with Gasteiger partial charge < -0.3 is 9.88 Å². The van der Waals surface area contributed by atoms with Crippen molar-refractivity contribution in [2.24, 2.45) is 4.99 Å². The van der Waals surface area contributed by atoms with Crippen LogP contribution in [0.2, 0.25) is 5.02 Å². The third-order valence-corrected chi connectivity index (χ3v) is 4.48. The van der Waals surface area contributed by atoms with Crippen molar-refractivity contribution < 1.29 is 4.39 Å². The lowest BCUT2D eigenvalue weighted by molar-refractivity contribution is 0.626. The Labute approximate surface area is 161 Å². The fraction of sp³-hybridized carbons (Fsp3) is 0.150. The van der Waals surface area contributed by atoms with Crippen molar-refractivity contribution in [3.05, 3.63) is 86.5 Å². The summed E-state index contributed by atoms with van der Waals surface area (Å²) in [5.74, 6) is 0.0615. The predicted molar refractivity (Wildman–Crippen MR) is 107 cm³/mol. The van der Waals surface area contributed by atoms with E-state index in [-0.39, 0.29) is 5.82 Å². The largest absolute Gasteiger partial charge is 0.325 e. The predicted octanol–water partition coefficient (Wildman–Crippen LogP) is 4.18. The van der Waals surface area contributed by atoms with Gasteiger partial charge in [0.25, 0.3) is 5.56 Å². The van der Waals surface area contributed by atoms with Crippen LogP contribution in [-0.2, 0) is 6.54 Å². The van der Waals surface area contributed by atoms with Gasteiger partial charge in [-0.05, 0) is 42.3 Å². The first kappa shape index (κ1) is 18.8. The molecule has 3 rings (SSSR count). The maximum Gasteiger partial charge on any atom is 0.283 e. The summed E-state index contributed by atoms with van der Waals surface area (Å²) in [6.07, 6.45) is 3.14. The molecule has 0 aliphatic rings. The summed E-state index contributed by atoms with van der Waals surface area (Å²) in [7, 11) is 1.59. The Balaban J connectivity index is 2.05. The molecule has 2 aromatic carbocycles. The normalized spacial score (nSPS) is 11.1. The Morgan fingerprint density at radius 1 is 1.26 bits per heavy atom. The molecule has 0 aliphatic carbocycles. The summed E-state index contributed by atoms with van der Waals surface area (Å²) < 4.78 is 15.0. The van der Waals surface area contributed by atoms with Crippen LogP contribution >= 0.6 is 11.6 Å². The highest BCUT2D eigenvalue weighted by molar-refractivity contribution is 6.31. The first-order valence-corrected chi connectivity index (χ1v) is 8.66. The number of nitrogens with zero attached hydrogens (tertiary/aromatic N) is 3. The van der Waals surface area contributed by atoms with Gasteiger partial charge in [-0.1, -0.05) is 29.8 Å². The van der Waals surface area contributed by atoms with Crippen molar-refractivity contribution in [1.82, 2.24) is 9.55 Å². The van der Waals surface area contributed by atoms with Crippen molar-refractivity contribution >= 4 is 29.5 Å². The Bertz CT molecular complexity index is 1040. The molecule has 27 heavy (non-hydrogen) atoms. The lowest BCUT2D eigenvalue weighted by Gasteiger charge is -2.16. The van der Waals surface area contributed by atoms with Crippen LogP contribution in [-0.4, -0.2) is 22.8 Å². The lowest BCUT2D eigenvalue weighted by Crippen LogP contribution is -2.21. The van der Waals surface area contributed by atoms with E-state index < -0.39 is 5.56 Å². The van der Waals surface area contributed by atoms with Gasteiger partial charge in [0.15, 0.2) is 0 Å². The molecule has 0 fully saturated rings. The summed E-state index contributed by atoms with van der Waals surface area (Å²) >= 11 is 6.18. The topological polar surface area (TPSA) is 59.3 Å². The van der Waals surface area contributed by atoms with E-state index in [2.05, 4.69) is 15.3 Å². The number of hydrogen-bond donors (Lipinski definition) is 1. The van der Waals surface area contributed by atoms with Crippen molar-refractivity contribution in [1.29, 1.82) is 0 Å². The summed E-state index contributed by atoms with van der Waals surface area (Å²) in [4.78, 5) is 20.3. The zero-order valence-corrected chi connectivity index (χ0v) is 15.7. The maximum atomic E-state index is 13.2. The minimum atomic E-state index is -0.391. The van der Waals surface area contributed by atoms with Crippen LogP contribution in [0, 0.1) is 12.7 Å². The average Bonchev–Trinajstić information content (AvgIpc) is 2.64. The number of hydrogen-bond acceptors (Lipinski definition) is 4. The quantitative estimate of drug-likeness (QED) is 0.671. The van der Waals surface area contributed by atoms with Gasteiger partial charge in [0, 0.05) is 30.2 Å². The number of anilines is 2. The molecule has 0 aliphatic heterocycles. The van der Waals surface area contributed by atoms with Crippen molar-refractivity contribution in [3.8, 4) is 0 Å². The first-order chi connectivity index (χ1) is 13.0. The van der Waals surface area contributed by atoms with Gasteiger partial charge in [-0.15, -0.1) is 0 Å². The smallest absolute Gasteiger partial charge is 0.283 e. The Morgan fingerprint density at radius 3 is 2.70 bits per heavy atom. The fourth-order valence-corrected chi connectivity index (χ4v) is 2.78. The molecule has 5 nitrogen and oxygen atoms in total. The fourth-order valence-electron chi connectivity index (χ4n) is 2.61. The molecule has 3 aromatic rings. The van der Waals surface area contributed by atoms with Crippen LogP contribution in [0.4, 0.5) is 16.0 Å². The zero-order valence-electron chi connectivity index (χ0n) is 14.9. The van der Waals surface area contributed by atoms with Crippen LogP contribution in [0.3, 0.4) is 0 Å². The van der Waals surface area contributed by atoms with E-state index in [0.717, 1.165) is 16.8 Å². The minimum Gasteiger partial charge on any atom is -0.325 e. The van der Waals surface area contributed by atoms with Crippen LogP contribution < -0.4 is 10.9 Å². The molecule has 0 amide bonds.